The maximum Gasteiger partial charge on any atom is 0.0107 e. The van der Waals surface area contributed by atoms with Gasteiger partial charge in [0.05, 0.1) is 0 Å². The quantitative estimate of drug-likeness (QED) is 0.0942. The lowest BCUT2D eigenvalue weighted by atomic mass is 10.1. The van der Waals surface area contributed by atoms with Gasteiger partial charge in [-0.2, -0.15) is 0 Å². The SMILES string of the molecule is CCCCCCCCCCCCN(CCCCCCCCCCCC)CCNCCNCCN. The van der Waals surface area contributed by atoms with E-state index in [1.165, 1.54) is 148 Å². The molecule has 0 bridgehead atoms. The fourth-order valence-electron chi connectivity index (χ4n) is 4.75. The van der Waals surface area contributed by atoms with Crippen molar-refractivity contribution in [2.45, 2.75) is 142 Å². The van der Waals surface area contributed by atoms with Crippen LogP contribution in [0.2, 0.25) is 0 Å². The van der Waals surface area contributed by atoms with E-state index in [4.69, 9.17) is 5.73 Å². The van der Waals surface area contributed by atoms with Crippen LogP contribution in [-0.4, -0.2) is 57.3 Å². The molecule has 0 rings (SSSR count). The van der Waals surface area contributed by atoms with E-state index >= 15 is 0 Å². The minimum absolute atomic E-state index is 0.728. The zero-order valence-electron chi connectivity index (χ0n) is 23.8. The summed E-state index contributed by atoms with van der Waals surface area (Å²) in [7, 11) is 0. The minimum atomic E-state index is 0.728. The average Bonchev–Trinajstić information content (AvgIpc) is 2.85. The Balaban J connectivity index is 3.82. The largest absolute Gasteiger partial charge is 0.329 e. The van der Waals surface area contributed by atoms with Crippen molar-refractivity contribution in [2.75, 3.05) is 52.4 Å². The minimum Gasteiger partial charge on any atom is -0.329 e. The highest BCUT2D eigenvalue weighted by molar-refractivity contribution is 4.62. The predicted molar refractivity (Wildman–Crippen MR) is 155 cm³/mol. The Morgan fingerprint density at radius 2 is 0.765 bits per heavy atom. The van der Waals surface area contributed by atoms with Crippen molar-refractivity contribution in [1.82, 2.24) is 15.5 Å². The standard InChI is InChI=1S/C30H66N4/c1-3-5-7-9-11-13-15-17-19-21-28-34(30-27-33-26-25-32-24-23-31)29-22-20-18-16-14-12-10-8-6-4-2/h32-33H,3-31H2,1-2H3. The second-order valence-electron chi connectivity index (χ2n) is 10.5. The third-order valence-corrected chi connectivity index (χ3v) is 7.06. The van der Waals surface area contributed by atoms with Gasteiger partial charge in [0, 0.05) is 39.3 Å². The summed E-state index contributed by atoms with van der Waals surface area (Å²) in [5.41, 5.74) is 5.54. The molecule has 0 aromatic rings. The van der Waals surface area contributed by atoms with Crippen LogP contribution in [0.15, 0.2) is 0 Å². The number of nitrogens with one attached hydrogen (secondary N) is 2. The van der Waals surface area contributed by atoms with Gasteiger partial charge in [0.15, 0.2) is 0 Å². The fraction of sp³-hybridized carbons (Fsp3) is 1.00. The number of nitrogens with two attached hydrogens (primary N) is 1. The Morgan fingerprint density at radius 3 is 1.15 bits per heavy atom. The number of rotatable bonds is 30. The lowest BCUT2D eigenvalue weighted by Gasteiger charge is -2.22. The molecule has 0 aromatic heterocycles. The van der Waals surface area contributed by atoms with Crippen LogP contribution in [0.1, 0.15) is 142 Å². The van der Waals surface area contributed by atoms with Crippen LogP contribution in [0.5, 0.6) is 0 Å². The molecule has 206 valence electrons. The molecule has 0 aromatic carbocycles. The zero-order valence-corrected chi connectivity index (χ0v) is 23.8. The van der Waals surface area contributed by atoms with Crippen molar-refractivity contribution in [3.63, 3.8) is 0 Å². The Morgan fingerprint density at radius 1 is 0.412 bits per heavy atom. The van der Waals surface area contributed by atoms with Crippen LogP contribution in [0.25, 0.3) is 0 Å². The number of nitrogens with zero attached hydrogens (tertiary/aromatic N) is 1. The van der Waals surface area contributed by atoms with Crippen LogP contribution in [0.4, 0.5) is 0 Å². The van der Waals surface area contributed by atoms with Gasteiger partial charge in [0.1, 0.15) is 0 Å². The Kier molecular flexibility index (Phi) is 30.7. The van der Waals surface area contributed by atoms with Crippen molar-refractivity contribution in [3.8, 4) is 0 Å². The third kappa shape index (κ3) is 28.1. The summed E-state index contributed by atoms with van der Waals surface area (Å²) in [6, 6.07) is 0. The molecule has 0 fully saturated rings. The summed E-state index contributed by atoms with van der Waals surface area (Å²) in [5, 5.41) is 6.98. The molecule has 0 atom stereocenters. The van der Waals surface area contributed by atoms with E-state index in [0.29, 0.717) is 0 Å². The fourth-order valence-corrected chi connectivity index (χ4v) is 4.75. The van der Waals surface area contributed by atoms with Crippen LogP contribution in [-0.2, 0) is 0 Å². The second kappa shape index (κ2) is 30.9. The van der Waals surface area contributed by atoms with Crippen molar-refractivity contribution >= 4 is 0 Å². The number of hydrogen-bond donors (Lipinski definition) is 3. The first-order valence-electron chi connectivity index (χ1n) is 15.7. The molecule has 4 nitrogen and oxygen atoms in total. The van der Waals surface area contributed by atoms with Crippen molar-refractivity contribution in [1.29, 1.82) is 0 Å². The Labute approximate surface area is 216 Å². The van der Waals surface area contributed by atoms with Gasteiger partial charge >= 0.3 is 0 Å². The van der Waals surface area contributed by atoms with Gasteiger partial charge in [0.25, 0.3) is 0 Å². The highest BCUT2D eigenvalue weighted by atomic mass is 15.1. The summed E-state index contributed by atoms with van der Waals surface area (Å²) in [4.78, 5) is 2.73. The van der Waals surface area contributed by atoms with E-state index in [2.05, 4.69) is 29.4 Å². The van der Waals surface area contributed by atoms with Gasteiger partial charge in [-0.15, -0.1) is 0 Å². The van der Waals surface area contributed by atoms with E-state index in [-0.39, 0.29) is 0 Å². The third-order valence-electron chi connectivity index (χ3n) is 7.06. The van der Waals surface area contributed by atoms with Gasteiger partial charge < -0.3 is 21.3 Å². The molecule has 0 radical (unpaired) electrons. The maximum atomic E-state index is 5.54. The van der Waals surface area contributed by atoms with E-state index in [1.807, 2.05) is 0 Å². The van der Waals surface area contributed by atoms with Crippen LogP contribution < -0.4 is 16.4 Å². The van der Waals surface area contributed by atoms with Gasteiger partial charge in [0.2, 0.25) is 0 Å². The Bertz CT molecular complexity index is 327. The van der Waals surface area contributed by atoms with E-state index in [1.54, 1.807) is 0 Å². The number of hydrogen-bond acceptors (Lipinski definition) is 4. The van der Waals surface area contributed by atoms with Gasteiger partial charge in [-0.25, -0.2) is 0 Å². The smallest absolute Gasteiger partial charge is 0.0107 e. The summed E-state index contributed by atoms with van der Waals surface area (Å²) in [5.74, 6) is 0. The highest BCUT2D eigenvalue weighted by Crippen LogP contribution is 2.12. The molecule has 0 aliphatic carbocycles. The summed E-state index contributed by atoms with van der Waals surface area (Å²) in [6.07, 6.45) is 28.5. The lowest BCUT2D eigenvalue weighted by Crippen LogP contribution is -2.36. The summed E-state index contributed by atoms with van der Waals surface area (Å²) in [6.45, 7) is 13.2. The first-order chi connectivity index (χ1) is 16.8. The van der Waals surface area contributed by atoms with Gasteiger partial charge in [-0.3, -0.25) is 0 Å². The predicted octanol–water partition coefficient (Wildman–Crippen LogP) is 7.27. The molecular weight excluding hydrogens is 416 g/mol. The number of unbranched alkanes of at least 4 members (excludes halogenated alkanes) is 18. The zero-order chi connectivity index (χ0) is 24.8. The van der Waals surface area contributed by atoms with Crippen molar-refractivity contribution in [3.05, 3.63) is 0 Å². The summed E-state index contributed by atoms with van der Waals surface area (Å²) < 4.78 is 0. The highest BCUT2D eigenvalue weighted by Gasteiger charge is 2.05. The molecule has 0 aliphatic heterocycles. The maximum absolute atomic E-state index is 5.54. The molecule has 0 spiro atoms. The molecule has 0 aliphatic rings. The molecule has 0 saturated heterocycles. The van der Waals surface area contributed by atoms with Crippen molar-refractivity contribution < 1.29 is 0 Å². The topological polar surface area (TPSA) is 53.3 Å². The lowest BCUT2D eigenvalue weighted by molar-refractivity contribution is 0.260. The first-order valence-corrected chi connectivity index (χ1v) is 15.7. The first kappa shape index (κ1) is 33.8. The Hall–Kier alpha value is -0.160. The molecule has 0 unspecified atom stereocenters. The molecule has 0 heterocycles. The van der Waals surface area contributed by atoms with Gasteiger partial charge in [-0.1, -0.05) is 129 Å². The summed E-state index contributed by atoms with van der Waals surface area (Å²) >= 11 is 0. The molecule has 0 saturated carbocycles. The van der Waals surface area contributed by atoms with E-state index < -0.39 is 0 Å². The normalized spacial score (nSPS) is 11.6. The second-order valence-corrected chi connectivity index (χ2v) is 10.5. The van der Waals surface area contributed by atoms with Crippen molar-refractivity contribution in [2.24, 2.45) is 5.73 Å². The van der Waals surface area contributed by atoms with Crippen LogP contribution in [0.3, 0.4) is 0 Å². The van der Waals surface area contributed by atoms with Crippen LogP contribution in [0, 0.1) is 0 Å². The average molecular weight is 483 g/mol. The van der Waals surface area contributed by atoms with E-state index in [0.717, 1.165) is 32.7 Å². The molecule has 34 heavy (non-hydrogen) atoms. The monoisotopic (exact) mass is 483 g/mol. The van der Waals surface area contributed by atoms with Gasteiger partial charge in [-0.05, 0) is 25.9 Å². The van der Waals surface area contributed by atoms with E-state index in [9.17, 15) is 0 Å². The molecule has 4 N–H and O–H groups in total. The molecule has 4 heteroatoms. The molecular formula is C30H66N4. The molecule has 0 amide bonds. The van der Waals surface area contributed by atoms with Crippen LogP contribution >= 0.6 is 0 Å².